The lowest BCUT2D eigenvalue weighted by molar-refractivity contribution is 0.501. The molecule has 0 saturated heterocycles. The summed E-state index contributed by atoms with van der Waals surface area (Å²) < 4.78 is 1.39. The number of benzene rings is 1. The van der Waals surface area contributed by atoms with Crippen LogP contribution in [0.4, 0.5) is 0 Å². The smallest absolute Gasteiger partial charge is 0.0333 e. The van der Waals surface area contributed by atoms with Crippen LogP contribution in [0.25, 0.3) is 0 Å². The van der Waals surface area contributed by atoms with Gasteiger partial charge in [-0.2, -0.15) is 0 Å². The molecule has 1 aromatic carbocycles. The molecule has 0 radical (unpaired) electrons. The Bertz CT molecular complexity index is 360. The number of hydrogen-bond acceptors (Lipinski definition) is 1. The molecule has 17 heavy (non-hydrogen) atoms. The summed E-state index contributed by atoms with van der Waals surface area (Å²) in [6.45, 7) is 9.28. The Kier molecular flexibility index (Phi) is 6.82. The van der Waals surface area contributed by atoms with Gasteiger partial charge in [-0.1, -0.05) is 31.2 Å². The molecule has 1 unspecified atom stereocenters. The molecular formula is C15H22IN. The zero-order valence-electron chi connectivity index (χ0n) is 10.8. The Hall–Kier alpha value is -0.350. The second kappa shape index (κ2) is 7.88. The topological polar surface area (TPSA) is 12.0 Å². The Labute approximate surface area is 119 Å². The standard InChI is InChI=1S/C15H22IN/c1-4-6-10-14(17-11-5-2)13-9-7-8-12(3)15(13)16/h4,7-9,14,17H,1,5-6,10-11H2,2-3H3. The van der Waals surface area contributed by atoms with Crippen molar-refractivity contribution in [1.29, 1.82) is 0 Å². The summed E-state index contributed by atoms with van der Waals surface area (Å²) in [4.78, 5) is 0. The molecule has 0 fully saturated rings. The predicted octanol–water partition coefficient (Wildman–Crippen LogP) is 4.61. The van der Waals surface area contributed by atoms with Crippen molar-refractivity contribution in [3.63, 3.8) is 0 Å². The second-order valence-corrected chi connectivity index (χ2v) is 5.43. The fourth-order valence-corrected chi connectivity index (χ4v) is 2.65. The second-order valence-electron chi connectivity index (χ2n) is 4.35. The van der Waals surface area contributed by atoms with Crippen LogP contribution in [0.5, 0.6) is 0 Å². The molecular weight excluding hydrogens is 321 g/mol. The van der Waals surface area contributed by atoms with E-state index in [1.165, 1.54) is 21.1 Å². The van der Waals surface area contributed by atoms with Gasteiger partial charge in [0.25, 0.3) is 0 Å². The fourth-order valence-electron chi connectivity index (χ4n) is 1.91. The van der Waals surface area contributed by atoms with Gasteiger partial charge in [0, 0.05) is 9.61 Å². The Balaban J connectivity index is 2.86. The number of allylic oxidation sites excluding steroid dienone is 1. The van der Waals surface area contributed by atoms with Gasteiger partial charge in [0.05, 0.1) is 0 Å². The maximum Gasteiger partial charge on any atom is 0.0333 e. The third-order valence-corrected chi connectivity index (χ3v) is 4.37. The van der Waals surface area contributed by atoms with Gasteiger partial charge in [-0.25, -0.2) is 0 Å². The molecule has 2 heteroatoms. The lowest BCUT2D eigenvalue weighted by Crippen LogP contribution is -2.23. The zero-order chi connectivity index (χ0) is 12.7. The van der Waals surface area contributed by atoms with Gasteiger partial charge in [0.15, 0.2) is 0 Å². The van der Waals surface area contributed by atoms with Gasteiger partial charge >= 0.3 is 0 Å². The molecule has 0 amide bonds. The minimum atomic E-state index is 0.458. The molecule has 0 aromatic heterocycles. The zero-order valence-corrected chi connectivity index (χ0v) is 13.0. The van der Waals surface area contributed by atoms with E-state index < -0.39 is 0 Å². The van der Waals surface area contributed by atoms with Crippen LogP contribution >= 0.6 is 22.6 Å². The van der Waals surface area contributed by atoms with Gasteiger partial charge < -0.3 is 5.32 Å². The molecule has 1 N–H and O–H groups in total. The first-order valence-electron chi connectivity index (χ1n) is 6.30. The quantitative estimate of drug-likeness (QED) is 0.563. The molecule has 0 heterocycles. The van der Waals surface area contributed by atoms with Crippen LogP contribution in [-0.4, -0.2) is 6.54 Å². The monoisotopic (exact) mass is 343 g/mol. The van der Waals surface area contributed by atoms with Gasteiger partial charge in [-0.05, 0) is 66.4 Å². The maximum atomic E-state index is 3.82. The number of hydrogen-bond donors (Lipinski definition) is 1. The van der Waals surface area contributed by atoms with Crippen molar-refractivity contribution in [2.45, 2.75) is 39.2 Å². The summed E-state index contributed by atoms with van der Waals surface area (Å²) >= 11 is 2.46. The van der Waals surface area contributed by atoms with Crippen LogP contribution in [-0.2, 0) is 0 Å². The van der Waals surface area contributed by atoms with E-state index in [0.29, 0.717) is 6.04 Å². The van der Waals surface area contributed by atoms with Crippen molar-refractivity contribution in [1.82, 2.24) is 5.32 Å². The largest absolute Gasteiger partial charge is 0.310 e. The minimum Gasteiger partial charge on any atom is -0.310 e. The lowest BCUT2D eigenvalue weighted by Gasteiger charge is -2.20. The average Bonchev–Trinajstić information content (AvgIpc) is 2.34. The van der Waals surface area contributed by atoms with Crippen LogP contribution in [0.3, 0.4) is 0 Å². The summed E-state index contributed by atoms with van der Waals surface area (Å²) in [6, 6.07) is 7.03. The van der Waals surface area contributed by atoms with Crippen LogP contribution in [0.1, 0.15) is 43.4 Å². The number of rotatable bonds is 7. The van der Waals surface area contributed by atoms with E-state index in [1.54, 1.807) is 0 Å². The van der Waals surface area contributed by atoms with Crippen LogP contribution in [0.2, 0.25) is 0 Å². The third-order valence-electron chi connectivity index (χ3n) is 2.90. The maximum absolute atomic E-state index is 3.82. The van der Waals surface area contributed by atoms with Crippen molar-refractivity contribution < 1.29 is 0 Å². The Morgan fingerprint density at radius 3 is 2.88 bits per heavy atom. The minimum absolute atomic E-state index is 0.458. The van der Waals surface area contributed by atoms with Crippen molar-refractivity contribution in [2.24, 2.45) is 0 Å². The SMILES string of the molecule is C=CCCC(NCCC)c1cccc(C)c1I. The van der Waals surface area contributed by atoms with E-state index in [0.717, 1.165) is 19.4 Å². The summed E-state index contributed by atoms with van der Waals surface area (Å²) in [7, 11) is 0. The molecule has 1 aromatic rings. The molecule has 1 rings (SSSR count). The van der Waals surface area contributed by atoms with E-state index in [4.69, 9.17) is 0 Å². The number of nitrogens with one attached hydrogen (secondary N) is 1. The Morgan fingerprint density at radius 2 is 2.24 bits per heavy atom. The summed E-state index contributed by atoms with van der Waals surface area (Å²) in [5, 5.41) is 3.64. The molecule has 0 aliphatic rings. The van der Waals surface area contributed by atoms with E-state index >= 15 is 0 Å². The molecule has 1 nitrogen and oxygen atoms in total. The molecule has 0 spiro atoms. The Morgan fingerprint density at radius 1 is 1.47 bits per heavy atom. The van der Waals surface area contributed by atoms with Crippen molar-refractivity contribution in [2.75, 3.05) is 6.54 Å². The highest BCUT2D eigenvalue weighted by atomic mass is 127. The van der Waals surface area contributed by atoms with Crippen molar-refractivity contribution in [3.8, 4) is 0 Å². The van der Waals surface area contributed by atoms with Gasteiger partial charge in [-0.15, -0.1) is 6.58 Å². The van der Waals surface area contributed by atoms with Crippen LogP contribution < -0.4 is 5.32 Å². The highest BCUT2D eigenvalue weighted by Crippen LogP contribution is 2.26. The number of aryl methyl sites for hydroxylation is 1. The highest BCUT2D eigenvalue weighted by Gasteiger charge is 2.13. The first-order chi connectivity index (χ1) is 8.20. The lowest BCUT2D eigenvalue weighted by atomic mass is 10.00. The molecule has 0 bridgehead atoms. The van der Waals surface area contributed by atoms with E-state index in [-0.39, 0.29) is 0 Å². The summed E-state index contributed by atoms with van der Waals surface area (Å²) in [6.07, 6.45) is 5.37. The van der Waals surface area contributed by atoms with Crippen molar-refractivity contribution in [3.05, 3.63) is 45.6 Å². The summed E-state index contributed by atoms with van der Waals surface area (Å²) in [5.74, 6) is 0. The number of halogens is 1. The third kappa shape index (κ3) is 4.43. The normalized spacial score (nSPS) is 12.4. The first kappa shape index (κ1) is 14.7. The molecule has 0 aliphatic carbocycles. The first-order valence-corrected chi connectivity index (χ1v) is 7.37. The predicted molar refractivity (Wildman–Crippen MR) is 84.4 cm³/mol. The molecule has 94 valence electrons. The van der Waals surface area contributed by atoms with Gasteiger partial charge in [0.1, 0.15) is 0 Å². The van der Waals surface area contributed by atoms with E-state index in [9.17, 15) is 0 Å². The van der Waals surface area contributed by atoms with Crippen molar-refractivity contribution >= 4 is 22.6 Å². The molecule has 0 saturated carbocycles. The van der Waals surface area contributed by atoms with Gasteiger partial charge in [-0.3, -0.25) is 0 Å². The summed E-state index contributed by atoms with van der Waals surface area (Å²) in [5.41, 5.74) is 2.80. The molecule has 1 atom stereocenters. The fraction of sp³-hybridized carbons (Fsp3) is 0.467. The van der Waals surface area contributed by atoms with Gasteiger partial charge in [0.2, 0.25) is 0 Å². The van der Waals surface area contributed by atoms with Crippen LogP contribution in [0, 0.1) is 10.5 Å². The van der Waals surface area contributed by atoms with E-state index in [2.05, 4.69) is 66.5 Å². The van der Waals surface area contributed by atoms with E-state index in [1.807, 2.05) is 6.08 Å². The van der Waals surface area contributed by atoms with Crippen LogP contribution in [0.15, 0.2) is 30.9 Å². The highest BCUT2D eigenvalue weighted by molar-refractivity contribution is 14.1. The average molecular weight is 343 g/mol. The molecule has 0 aliphatic heterocycles.